The molecule has 9 aromatic heterocycles. The van der Waals surface area contributed by atoms with Crippen molar-refractivity contribution >= 4 is 29.3 Å². The number of aliphatic carboxylic acids is 1. The molecule has 1 saturated carbocycles. The van der Waals surface area contributed by atoms with E-state index in [2.05, 4.69) is 83.6 Å². The molecule has 25 nitrogen and oxygen atoms in total. The third-order valence-electron chi connectivity index (χ3n) is 14.1. The Hall–Kier alpha value is -11.5. The van der Waals surface area contributed by atoms with Crippen molar-refractivity contribution in [3.05, 3.63) is 166 Å². The van der Waals surface area contributed by atoms with E-state index in [9.17, 15) is 9.59 Å². The molecule has 12 aromatic rings. The van der Waals surface area contributed by atoms with Crippen molar-refractivity contribution in [2.24, 2.45) is 48.0 Å². The molecule has 1 aliphatic carbocycles. The van der Waals surface area contributed by atoms with E-state index in [1.807, 2.05) is 165 Å². The van der Waals surface area contributed by atoms with Gasteiger partial charge in [0.25, 0.3) is 0 Å². The number of aromatic nitrogens is 18. The van der Waals surface area contributed by atoms with Crippen molar-refractivity contribution in [2.75, 3.05) is 29.0 Å². The molecule has 6 N–H and O–H groups in total. The molecule has 13 rings (SSSR count). The third-order valence-corrected chi connectivity index (χ3v) is 14.1. The fraction of sp³-hybridized carbons (Fsp3) is 0.194. The minimum atomic E-state index is -0.971. The first-order chi connectivity index (χ1) is 42.1. The summed E-state index contributed by atoms with van der Waals surface area (Å²) in [5.74, 6) is 2.11. The number of amides is 1. The van der Waals surface area contributed by atoms with Crippen LogP contribution in [0.5, 0.6) is 0 Å². The molecule has 25 heteroatoms. The number of nitrogens with two attached hydrogens (primary N) is 1. The van der Waals surface area contributed by atoms with Crippen LogP contribution in [0.4, 0.5) is 17.5 Å². The summed E-state index contributed by atoms with van der Waals surface area (Å²) < 4.78 is 10.5. The second-order valence-electron chi connectivity index (χ2n) is 20.8. The Morgan fingerprint density at radius 3 is 1.20 bits per heavy atom. The SMILES string of the molecule is Cn1cc(-c2cccc(-c3ncc(-c4ccn(C)n4)c(NC4CCC4)n3)c2)cn1.Cn1cc(-c2cccc(-c3ncc(-c4cnn(C)c4)c(NCC(=O)O)n3)c2)cn1.Cn1cc(-c2cccc(-c3ncc(-c4cnn(C)c4)c(NCC(N)=O)n3)c2)cn1. The number of primary amides is 1. The Kier molecular flexibility index (Phi) is 16.8. The molecule has 0 spiro atoms. The predicted octanol–water partition coefficient (Wildman–Crippen LogP) is 8.19. The summed E-state index contributed by atoms with van der Waals surface area (Å²) in [6, 6.07) is 26.5. The summed E-state index contributed by atoms with van der Waals surface area (Å²) in [6.45, 7) is -0.279. The summed E-state index contributed by atoms with van der Waals surface area (Å²) in [5.41, 5.74) is 19.0. The highest BCUT2D eigenvalue weighted by Gasteiger charge is 2.22. The summed E-state index contributed by atoms with van der Waals surface area (Å²) in [4.78, 5) is 50.2. The third kappa shape index (κ3) is 14.0. The molecule has 0 aliphatic heterocycles. The number of aryl methyl sites for hydroxylation is 6. The van der Waals surface area contributed by atoms with Crippen molar-refractivity contribution in [1.82, 2.24) is 88.6 Å². The molecule has 438 valence electrons. The van der Waals surface area contributed by atoms with Crippen LogP contribution in [0.3, 0.4) is 0 Å². The number of hydrogen-bond donors (Lipinski definition) is 5. The van der Waals surface area contributed by atoms with Gasteiger partial charge in [0, 0.05) is 160 Å². The van der Waals surface area contributed by atoms with E-state index in [4.69, 9.17) is 15.8 Å². The number of nitrogens with zero attached hydrogens (tertiary/aromatic N) is 18. The van der Waals surface area contributed by atoms with E-state index < -0.39 is 11.9 Å². The lowest BCUT2D eigenvalue weighted by Gasteiger charge is -2.27. The van der Waals surface area contributed by atoms with Gasteiger partial charge in [-0.3, -0.25) is 37.7 Å². The number of carboxylic acids is 1. The monoisotopic (exact) mass is 1160 g/mol. The van der Waals surface area contributed by atoms with Gasteiger partial charge in [-0.2, -0.15) is 30.6 Å². The fourth-order valence-corrected chi connectivity index (χ4v) is 9.53. The lowest BCUT2D eigenvalue weighted by Crippen LogP contribution is -2.28. The predicted molar refractivity (Wildman–Crippen MR) is 331 cm³/mol. The van der Waals surface area contributed by atoms with Gasteiger partial charge in [-0.1, -0.05) is 54.6 Å². The van der Waals surface area contributed by atoms with Crippen LogP contribution in [0.25, 0.3) is 101 Å². The molecule has 1 fully saturated rings. The van der Waals surface area contributed by atoms with Crippen LogP contribution in [0.15, 0.2) is 166 Å². The molecule has 0 unspecified atom stereocenters. The first-order valence-electron chi connectivity index (χ1n) is 27.8. The van der Waals surface area contributed by atoms with Crippen LogP contribution in [0.2, 0.25) is 0 Å². The second-order valence-corrected chi connectivity index (χ2v) is 20.8. The van der Waals surface area contributed by atoms with Gasteiger partial charge in [-0.05, 0) is 60.2 Å². The van der Waals surface area contributed by atoms with Crippen molar-refractivity contribution < 1.29 is 14.7 Å². The average Bonchev–Trinajstić information content (AvgIpc) is 3.28. The number of carboxylic acid groups (broad SMARTS) is 1. The number of carbonyl (C=O) groups is 2. The molecule has 0 saturated heterocycles. The van der Waals surface area contributed by atoms with Crippen LogP contribution in [-0.4, -0.2) is 125 Å². The second kappa shape index (κ2) is 25.6. The lowest BCUT2D eigenvalue weighted by atomic mass is 9.93. The van der Waals surface area contributed by atoms with Gasteiger partial charge < -0.3 is 26.8 Å². The maximum Gasteiger partial charge on any atom is 0.322 e. The summed E-state index contributed by atoms with van der Waals surface area (Å²) >= 11 is 0. The number of carbonyl (C=O) groups excluding carboxylic acids is 1. The summed E-state index contributed by atoms with van der Waals surface area (Å²) in [6.07, 6.45) is 29.3. The zero-order valence-corrected chi connectivity index (χ0v) is 48.6. The molecule has 9 heterocycles. The zero-order chi connectivity index (χ0) is 60.6. The first kappa shape index (κ1) is 57.3. The molecule has 0 bridgehead atoms. The van der Waals surface area contributed by atoms with Gasteiger partial charge in [0.15, 0.2) is 17.5 Å². The van der Waals surface area contributed by atoms with Crippen LogP contribution < -0.4 is 21.7 Å². The van der Waals surface area contributed by atoms with E-state index in [0.29, 0.717) is 40.7 Å². The van der Waals surface area contributed by atoms with Crippen molar-refractivity contribution in [3.8, 4) is 101 Å². The van der Waals surface area contributed by atoms with Gasteiger partial charge in [-0.15, -0.1) is 0 Å². The van der Waals surface area contributed by atoms with Crippen LogP contribution in [0, 0.1) is 0 Å². The Morgan fingerprint density at radius 1 is 0.471 bits per heavy atom. The van der Waals surface area contributed by atoms with Gasteiger partial charge in [-0.25, -0.2) is 29.9 Å². The normalized spacial score (nSPS) is 11.9. The van der Waals surface area contributed by atoms with E-state index in [0.717, 1.165) is 83.8 Å². The molecule has 87 heavy (non-hydrogen) atoms. The van der Waals surface area contributed by atoms with Crippen LogP contribution in [0.1, 0.15) is 19.3 Å². The minimum absolute atomic E-state index is 0.0283. The highest BCUT2D eigenvalue weighted by Crippen LogP contribution is 2.34. The highest BCUT2D eigenvalue weighted by atomic mass is 16.4. The van der Waals surface area contributed by atoms with Crippen molar-refractivity contribution in [1.29, 1.82) is 0 Å². The van der Waals surface area contributed by atoms with Crippen molar-refractivity contribution in [3.63, 3.8) is 0 Å². The zero-order valence-electron chi connectivity index (χ0n) is 48.6. The number of anilines is 3. The van der Waals surface area contributed by atoms with E-state index in [1.54, 1.807) is 59.1 Å². The molecular weight excluding hydrogens is 1100 g/mol. The number of benzene rings is 3. The lowest BCUT2D eigenvalue weighted by molar-refractivity contribution is -0.135. The quantitative estimate of drug-likeness (QED) is 0.0574. The van der Waals surface area contributed by atoms with Crippen LogP contribution in [-0.2, 0) is 51.9 Å². The topological polar surface area (TPSA) is 301 Å². The summed E-state index contributed by atoms with van der Waals surface area (Å²) in [7, 11) is 11.2. The Balaban J connectivity index is 0.000000135. The van der Waals surface area contributed by atoms with E-state index in [1.165, 1.54) is 19.3 Å². The fourth-order valence-electron chi connectivity index (χ4n) is 9.53. The van der Waals surface area contributed by atoms with E-state index >= 15 is 0 Å². The largest absolute Gasteiger partial charge is 0.480 e. The van der Waals surface area contributed by atoms with Crippen molar-refractivity contribution in [2.45, 2.75) is 25.3 Å². The molecule has 3 aromatic carbocycles. The standard InChI is InChI=1S/C22H23N7.C20H20N8O.C20H19N7O2/c1-28-10-9-20(27-28)19-13-23-21(26-22(19)25-18-7-4-8-18)16-6-3-5-15(11-16)17-12-24-29(2)14-17;1-27-11-15(7-24-27)13-4-3-5-14(6-13)19-22-9-17(16-8-25-28(2)12-16)20(26-19)23-10-18(21)29;1-26-11-15(7-23-26)13-4-3-5-14(6-13)19-21-9-17(16-8-24-27(2)12-16)20(25-19)22-10-18(28)29/h3,5-6,9-14,18H,4,7-8H2,1-2H3,(H,23,25,26);3-9,11-12H,10H2,1-2H3,(H2,21,29)(H,22,23,26);3-9,11-12H,10H2,1-2H3,(H,28,29)(H,21,22,25). The van der Waals surface area contributed by atoms with Crippen LogP contribution >= 0.6 is 0 Å². The average molecular weight is 1160 g/mol. The number of hydrogen-bond acceptors (Lipinski definition) is 17. The van der Waals surface area contributed by atoms with Gasteiger partial charge >= 0.3 is 5.97 Å². The molecule has 0 atom stereocenters. The first-order valence-corrected chi connectivity index (χ1v) is 27.8. The Bertz CT molecular complexity index is 4200. The Morgan fingerprint density at radius 2 is 0.851 bits per heavy atom. The number of nitrogens with one attached hydrogen (secondary N) is 3. The smallest absolute Gasteiger partial charge is 0.322 e. The van der Waals surface area contributed by atoms with Gasteiger partial charge in [0.05, 0.1) is 48.8 Å². The molecule has 1 aliphatic rings. The maximum absolute atomic E-state index is 11.3. The summed E-state index contributed by atoms with van der Waals surface area (Å²) in [5, 5.41) is 44.1. The minimum Gasteiger partial charge on any atom is -0.480 e. The van der Waals surface area contributed by atoms with Gasteiger partial charge in [0.1, 0.15) is 24.0 Å². The van der Waals surface area contributed by atoms with Gasteiger partial charge in [0.2, 0.25) is 5.91 Å². The Labute approximate surface area is 499 Å². The molecule has 1 amide bonds. The van der Waals surface area contributed by atoms with E-state index in [-0.39, 0.29) is 13.1 Å². The molecular formula is C62H62N22O3. The highest BCUT2D eigenvalue weighted by molar-refractivity contribution is 5.83. The maximum atomic E-state index is 11.3. The number of rotatable bonds is 17. The molecule has 0 radical (unpaired) electrons.